The second kappa shape index (κ2) is 8.14. The molecule has 2 aliphatic rings. The third-order valence-corrected chi connectivity index (χ3v) is 5.73. The molecule has 0 atom stereocenters. The minimum atomic E-state index is -0.138. The summed E-state index contributed by atoms with van der Waals surface area (Å²) in [6, 6.07) is 23.6. The summed E-state index contributed by atoms with van der Waals surface area (Å²) in [6.45, 7) is 1.18. The van der Waals surface area contributed by atoms with E-state index in [9.17, 15) is 9.59 Å². The molecule has 3 aromatic rings. The van der Waals surface area contributed by atoms with Gasteiger partial charge in [-0.1, -0.05) is 42.5 Å². The van der Waals surface area contributed by atoms with E-state index >= 15 is 0 Å². The number of anilines is 4. The fraction of sp³-hybridized carbons (Fsp3) is 0.200. The Kier molecular flexibility index (Phi) is 5.04. The lowest BCUT2D eigenvalue weighted by Gasteiger charge is -2.29. The minimum Gasteiger partial charge on any atom is -0.482 e. The van der Waals surface area contributed by atoms with Gasteiger partial charge in [0.2, 0.25) is 5.91 Å². The van der Waals surface area contributed by atoms with E-state index in [2.05, 4.69) is 28.4 Å². The van der Waals surface area contributed by atoms with Crippen LogP contribution >= 0.6 is 0 Å². The first-order valence-corrected chi connectivity index (χ1v) is 10.5. The number of carbonyl (C=O) groups excluding carboxylic acids is 2. The average molecular weight is 413 g/mol. The van der Waals surface area contributed by atoms with Crippen molar-refractivity contribution in [1.29, 1.82) is 0 Å². The van der Waals surface area contributed by atoms with Crippen molar-refractivity contribution in [3.8, 4) is 5.75 Å². The van der Waals surface area contributed by atoms with E-state index < -0.39 is 0 Å². The van der Waals surface area contributed by atoms with Crippen LogP contribution in [0.3, 0.4) is 0 Å². The van der Waals surface area contributed by atoms with Crippen molar-refractivity contribution in [1.82, 2.24) is 0 Å². The topological polar surface area (TPSA) is 61.9 Å². The van der Waals surface area contributed by atoms with Gasteiger partial charge in [-0.3, -0.25) is 9.59 Å². The highest BCUT2D eigenvalue weighted by Gasteiger charge is 2.26. The molecule has 0 aliphatic carbocycles. The first kappa shape index (κ1) is 19.2. The SMILES string of the molecule is O=C(CCN1C(=O)COc2ccccc21)Nc1ccccc1N1CCc2ccccc21. The van der Waals surface area contributed by atoms with Gasteiger partial charge in [-0.2, -0.15) is 0 Å². The van der Waals surface area contributed by atoms with Crippen LogP contribution in [0, 0.1) is 0 Å². The number of ether oxygens (including phenoxy) is 1. The molecule has 2 amide bonds. The molecule has 0 radical (unpaired) electrons. The summed E-state index contributed by atoms with van der Waals surface area (Å²) in [7, 11) is 0. The maximum absolute atomic E-state index is 12.8. The average Bonchev–Trinajstić information content (AvgIpc) is 3.23. The smallest absolute Gasteiger partial charge is 0.265 e. The Morgan fingerprint density at radius 2 is 1.61 bits per heavy atom. The maximum atomic E-state index is 12.8. The van der Waals surface area contributed by atoms with Gasteiger partial charge in [-0.05, 0) is 42.3 Å². The summed E-state index contributed by atoms with van der Waals surface area (Å²) in [5, 5.41) is 3.05. The second-order valence-corrected chi connectivity index (χ2v) is 7.65. The van der Waals surface area contributed by atoms with Gasteiger partial charge >= 0.3 is 0 Å². The zero-order valence-corrected chi connectivity index (χ0v) is 17.1. The number of hydrogen-bond donors (Lipinski definition) is 1. The molecule has 2 aliphatic heterocycles. The number of benzene rings is 3. The van der Waals surface area contributed by atoms with Gasteiger partial charge in [0, 0.05) is 25.2 Å². The molecule has 2 heterocycles. The van der Waals surface area contributed by atoms with Crippen LogP contribution in [0.2, 0.25) is 0 Å². The molecule has 3 aromatic carbocycles. The van der Waals surface area contributed by atoms with Crippen molar-refractivity contribution in [2.75, 3.05) is 34.8 Å². The number of nitrogens with one attached hydrogen (secondary N) is 1. The first-order valence-electron chi connectivity index (χ1n) is 10.5. The van der Waals surface area contributed by atoms with Crippen molar-refractivity contribution in [2.45, 2.75) is 12.8 Å². The number of rotatable bonds is 5. The molecule has 0 saturated carbocycles. The second-order valence-electron chi connectivity index (χ2n) is 7.65. The third-order valence-electron chi connectivity index (χ3n) is 5.73. The summed E-state index contributed by atoms with van der Waals surface area (Å²) in [6.07, 6.45) is 1.18. The molecule has 0 saturated heterocycles. The lowest BCUT2D eigenvalue weighted by atomic mass is 10.1. The number of hydrogen-bond acceptors (Lipinski definition) is 4. The van der Waals surface area contributed by atoms with Crippen molar-refractivity contribution < 1.29 is 14.3 Å². The van der Waals surface area contributed by atoms with Crippen molar-refractivity contribution in [3.63, 3.8) is 0 Å². The van der Waals surface area contributed by atoms with E-state index in [1.807, 2.05) is 54.6 Å². The van der Waals surface area contributed by atoms with Crippen LogP contribution in [-0.4, -0.2) is 31.5 Å². The Morgan fingerprint density at radius 3 is 2.48 bits per heavy atom. The van der Waals surface area contributed by atoms with Gasteiger partial charge in [0.1, 0.15) is 5.75 Å². The molecule has 0 unspecified atom stereocenters. The highest BCUT2D eigenvalue weighted by Crippen LogP contribution is 2.38. The molecular formula is C25H23N3O3. The van der Waals surface area contributed by atoms with Crippen LogP contribution in [0.4, 0.5) is 22.7 Å². The van der Waals surface area contributed by atoms with Gasteiger partial charge in [-0.15, -0.1) is 0 Å². The molecule has 0 spiro atoms. The Bertz CT molecular complexity index is 1140. The summed E-state index contributed by atoms with van der Waals surface area (Å²) in [5.41, 5.74) is 4.96. The Hall–Kier alpha value is -3.80. The molecule has 0 fully saturated rings. The van der Waals surface area contributed by atoms with Crippen LogP contribution in [0.1, 0.15) is 12.0 Å². The zero-order chi connectivity index (χ0) is 21.2. The summed E-state index contributed by atoms with van der Waals surface area (Å²) >= 11 is 0. The van der Waals surface area contributed by atoms with Gasteiger partial charge in [0.05, 0.1) is 17.1 Å². The number of amides is 2. The van der Waals surface area contributed by atoms with Crippen LogP contribution < -0.4 is 19.9 Å². The summed E-state index contributed by atoms with van der Waals surface area (Å²) in [5.74, 6) is 0.401. The minimum absolute atomic E-state index is 0.00413. The van der Waals surface area contributed by atoms with E-state index in [0.29, 0.717) is 18.0 Å². The van der Waals surface area contributed by atoms with Crippen molar-refractivity contribution >= 4 is 34.6 Å². The van der Waals surface area contributed by atoms with Gasteiger partial charge in [0.25, 0.3) is 5.91 Å². The predicted molar refractivity (Wildman–Crippen MR) is 121 cm³/mol. The molecule has 31 heavy (non-hydrogen) atoms. The number of nitrogens with zero attached hydrogens (tertiary/aromatic N) is 2. The van der Waals surface area contributed by atoms with Crippen LogP contribution in [0.25, 0.3) is 0 Å². The fourth-order valence-electron chi connectivity index (χ4n) is 4.23. The number of carbonyl (C=O) groups is 2. The molecule has 0 bridgehead atoms. The van der Waals surface area contributed by atoms with Crippen LogP contribution in [0.15, 0.2) is 72.8 Å². The number of para-hydroxylation sites is 5. The van der Waals surface area contributed by atoms with E-state index in [1.165, 1.54) is 11.3 Å². The Balaban J connectivity index is 1.30. The molecule has 1 N–H and O–H groups in total. The van der Waals surface area contributed by atoms with E-state index in [4.69, 9.17) is 4.74 Å². The highest BCUT2D eigenvalue weighted by molar-refractivity contribution is 6.00. The lowest BCUT2D eigenvalue weighted by Crippen LogP contribution is -2.40. The highest BCUT2D eigenvalue weighted by atomic mass is 16.5. The van der Waals surface area contributed by atoms with Crippen molar-refractivity contribution in [2.24, 2.45) is 0 Å². The number of fused-ring (bicyclic) bond motifs is 2. The summed E-state index contributed by atoms with van der Waals surface area (Å²) in [4.78, 5) is 29.0. The van der Waals surface area contributed by atoms with Gasteiger partial charge in [0.15, 0.2) is 6.61 Å². The van der Waals surface area contributed by atoms with Gasteiger partial charge < -0.3 is 19.9 Å². The Morgan fingerprint density at radius 1 is 0.903 bits per heavy atom. The lowest BCUT2D eigenvalue weighted by molar-refractivity contribution is -0.121. The third kappa shape index (κ3) is 3.72. The van der Waals surface area contributed by atoms with Crippen LogP contribution in [0.5, 0.6) is 5.75 Å². The fourth-order valence-corrected chi connectivity index (χ4v) is 4.23. The molecule has 0 aromatic heterocycles. The normalized spacial score (nSPS) is 14.6. The van der Waals surface area contributed by atoms with Gasteiger partial charge in [-0.25, -0.2) is 0 Å². The van der Waals surface area contributed by atoms with E-state index in [1.54, 1.807) is 4.90 Å². The molecule has 6 heteroatoms. The Labute approximate surface area is 181 Å². The molecule has 5 rings (SSSR count). The predicted octanol–water partition coefficient (Wildman–Crippen LogP) is 4.14. The first-order chi connectivity index (χ1) is 15.2. The standard InChI is InChI=1S/C25H23N3O3/c29-24(14-16-28-22-11-5-6-12-23(22)31-17-25(28)30)26-19-8-2-4-10-21(19)27-15-13-18-7-1-3-9-20(18)27/h1-12H,13-17H2,(H,26,29). The summed E-state index contributed by atoms with van der Waals surface area (Å²) < 4.78 is 5.47. The van der Waals surface area contributed by atoms with Crippen LogP contribution in [-0.2, 0) is 16.0 Å². The molecule has 156 valence electrons. The molecular weight excluding hydrogens is 390 g/mol. The quantitative estimate of drug-likeness (QED) is 0.683. The maximum Gasteiger partial charge on any atom is 0.265 e. The molecule has 6 nitrogen and oxygen atoms in total. The largest absolute Gasteiger partial charge is 0.482 e. The van der Waals surface area contributed by atoms with E-state index in [0.717, 1.165) is 24.3 Å². The van der Waals surface area contributed by atoms with E-state index in [-0.39, 0.29) is 24.8 Å². The monoisotopic (exact) mass is 413 g/mol. The zero-order valence-electron chi connectivity index (χ0n) is 17.1. The van der Waals surface area contributed by atoms with Crippen molar-refractivity contribution in [3.05, 3.63) is 78.4 Å².